The van der Waals surface area contributed by atoms with E-state index >= 15 is 0 Å². The molecule has 312 valence electrons. The lowest BCUT2D eigenvalue weighted by Gasteiger charge is -2.45. The summed E-state index contributed by atoms with van der Waals surface area (Å²) in [4.78, 5) is 4.99. The fourth-order valence-electron chi connectivity index (χ4n) is 11.7. The zero-order valence-electron chi connectivity index (χ0n) is 37.0. The van der Waals surface area contributed by atoms with Crippen molar-refractivity contribution < 1.29 is 0 Å². The molecule has 0 bridgehead atoms. The van der Waals surface area contributed by atoms with Crippen LogP contribution in [-0.4, -0.2) is 0 Å². The maximum absolute atomic E-state index is 2.53. The van der Waals surface area contributed by atoms with E-state index < -0.39 is 5.41 Å². The standard InChI is InChI=1S/C64H46N2/c1-63(2)54-28-14-12-26-49(54)51-37-35-47(41-58(51)63)65(60-39-34-45(43-20-6-3-7-21-43)40-53(60)44-22-8-4-9-23-44)48-36-38-52-50-27-13-15-29-55(50)64(59(52)42-48)56-30-16-18-32-61(56)66(46-24-10-5-11-25-46)62-33-19-17-31-57(62)64/h3-42H,1-2H3. The molecule has 1 aliphatic heterocycles. The van der Waals surface area contributed by atoms with Crippen LogP contribution in [0.5, 0.6) is 0 Å². The second-order valence-corrected chi connectivity index (χ2v) is 18.4. The third-order valence-corrected chi connectivity index (χ3v) is 14.7. The maximum atomic E-state index is 2.53. The molecule has 0 saturated heterocycles. The fraction of sp³-hybridized carbons (Fsp3) is 0.0625. The van der Waals surface area contributed by atoms with Gasteiger partial charge in [0.25, 0.3) is 0 Å². The quantitative estimate of drug-likeness (QED) is 0.165. The van der Waals surface area contributed by atoms with Crippen LogP contribution in [-0.2, 0) is 10.8 Å². The number of benzene rings is 10. The van der Waals surface area contributed by atoms with Gasteiger partial charge < -0.3 is 9.80 Å². The molecule has 10 aromatic carbocycles. The van der Waals surface area contributed by atoms with Crippen LogP contribution in [0.4, 0.5) is 34.1 Å². The second-order valence-electron chi connectivity index (χ2n) is 18.4. The summed E-state index contributed by atoms with van der Waals surface area (Å²) in [7, 11) is 0. The lowest BCUT2D eigenvalue weighted by molar-refractivity contribution is 0.660. The Labute approximate surface area is 387 Å². The fourth-order valence-corrected chi connectivity index (χ4v) is 11.7. The van der Waals surface area contributed by atoms with Gasteiger partial charge in [-0.3, -0.25) is 0 Å². The molecule has 0 saturated carbocycles. The SMILES string of the molecule is CC1(C)c2ccccc2-c2ccc(N(c3ccc4c(c3)C3(c5ccccc5-4)c4ccccc4N(c4ccccc4)c4ccccc43)c3ccc(-c4ccccc4)cc3-c3ccccc3)cc21. The molecule has 2 aliphatic carbocycles. The molecule has 13 rings (SSSR count). The highest BCUT2D eigenvalue weighted by molar-refractivity contribution is 5.98. The smallest absolute Gasteiger partial charge is 0.0755 e. The van der Waals surface area contributed by atoms with Crippen molar-refractivity contribution in [1.82, 2.24) is 0 Å². The van der Waals surface area contributed by atoms with Crippen LogP contribution < -0.4 is 9.80 Å². The van der Waals surface area contributed by atoms with Gasteiger partial charge in [-0.15, -0.1) is 0 Å². The van der Waals surface area contributed by atoms with E-state index in [4.69, 9.17) is 0 Å². The van der Waals surface area contributed by atoms with Gasteiger partial charge in [-0.1, -0.05) is 196 Å². The van der Waals surface area contributed by atoms with Crippen LogP contribution in [0, 0.1) is 0 Å². The van der Waals surface area contributed by atoms with Crippen molar-refractivity contribution in [2.24, 2.45) is 0 Å². The molecule has 0 fully saturated rings. The van der Waals surface area contributed by atoms with Gasteiger partial charge in [0.05, 0.1) is 22.5 Å². The molecule has 0 N–H and O–H groups in total. The van der Waals surface area contributed by atoms with E-state index in [0.29, 0.717) is 0 Å². The number of nitrogens with zero attached hydrogens (tertiary/aromatic N) is 2. The summed E-state index contributed by atoms with van der Waals surface area (Å²) in [5, 5.41) is 0. The van der Waals surface area contributed by atoms with Crippen molar-refractivity contribution in [2.75, 3.05) is 9.80 Å². The molecule has 0 atom stereocenters. The Morgan fingerprint density at radius 1 is 0.318 bits per heavy atom. The Balaban J connectivity index is 1.10. The molecule has 1 heterocycles. The summed E-state index contributed by atoms with van der Waals surface area (Å²) in [6, 6.07) is 90.2. The van der Waals surface area contributed by atoms with E-state index in [9.17, 15) is 0 Å². The third-order valence-electron chi connectivity index (χ3n) is 14.7. The number of hydrogen-bond acceptors (Lipinski definition) is 2. The monoisotopic (exact) mass is 842 g/mol. The van der Waals surface area contributed by atoms with Crippen LogP contribution in [0.2, 0.25) is 0 Å². The first-order chi connectivity index (χ1) is 32.5. The van der Waals surface area contributed by atoms with Crippen molar-refractivity contribution in [2.45, 2.75) is 24.7 Å². The number of hydrogen-bond donors (Lipinski definition) is 0. The van der Waals surface area contributed by atoms with Crippen LogP contribution in [0.1, 0.15) is 47.2 Å². The van der Waals surface area contributed by atoms with Crippen molar-refractivity contribution in [3.63, 3.8) is 0 Å². The van der Waals surface area contributed by atoms with Gasteiger partial charge in [0.1, 0.15) is 0 Å². The molecule has 1 spiro atoms. The average molecular weight is 843 g/mol. The molecule has 3 aliphatic rings. The molecule has 0 radical (unpaired) electrons. The van der Waals surface area contributed by atoms with Crippen molar-refractivity contribution >= 4 is 34.1 Å². The molecular formula is C64H46N2. The summed E-state index contributed by atoms with van der Waals surface area (Å²) >= 11 is 0. The Morgan fingerprint density at radius 3 is 1.42 bits per heavy atom. The molecule has 0 unspecified atom stereocenters. The van der Waals surface area contributed by atoms with Crippen LogP contribution in [0.15, 0.2) is 243 Å². The molecular weight excluding hydrogens is 797 g/mol. The summed E-state index contributed by atoms with van der Waals surface area (Å²) in [6.07, 6.45) is 0. The van der Waals surface area contributed by atoms with Gasteiger partial charge >= 0.3 is 0 Å². The van der Waals surface area contributed by atoms with E-state index in [0.717, 1.165) is 22.7 Å². The van der Waals surface area contributed by atoms with Gasteiger partial charge in [0, 0.05) is 28.0 Å². The first kappa shape index (κ1) is 38.3. The normalized spacial score (nSPS) is 14.1. The Kier molecular flexibility index (Phi) is 8.51. The Hall–Kier alpha value is -8.20. The lowest BCUT2D eigenvalue weighted by atomic mass is 9.64. The van der Waals surface area contributed by atoms with E-state index in [1.165, 1.54) is 89.3 Å². The summed E-state index contributed by atoms with van der Waals surface area (Å²) in [5.41, 5.74) is 23.9. The van der Waals surface area contributed by atoms with Crippen molar-refractivity contribution in [3.05, 3.63) is 276 Å². The van der Waals surface area contributed by atoms with E-state index in [1.807, 2.05) is 0 Å². The van der Waals surface area contributed by atoms with Gasteiger partial charge in [-0.05, 0) is 133 Å². The number of fused-ring (bicyclic) bond motifs is 12. The highest BCUT2D eigenvalue weighted by atomic mass is 15.2. The van der Waals surface area contributed by atoms with Gasteiger partial charge in [-0.25, -0.2) is 0 Å². The van der Waals surface area contributed by atoms with E-state index in [1.54, 1.807) is 0 Å². The first-order valence-corrected chi connectivity index (χ1v) is 23.1. The first-order valence-electron chi connectivity index (χ1n) is 23.1. The predicted octanol–water partition coefficient (Wildman–Crippen LogP) is 16.9. The van der Waals surface area contributed by atoms with Crippen LogP contribution >= 0.6 is 0 Å². The summed E-state index contributed by atoms with van der Waals surface area (Å²) in [5.74, 6) is 0. The van der Waals surface area contributed by atoms with Crippen LogP contribution in [0.25, 0.3) is 44.5 Å². The van der Waals surface area contributed by atoms with Gasteiger partial charge in [0.15, 0.2) is 0 Å². The van der Waals surface area contributed by atoms with E-state index in [2.05, 4.69) is 266 Å². The predicted molar refractivity (Wildman–Crippen MR) is 275 cm³/mol. The lowest BCUT2D eigenvalue weighted by Crippen LogP contribution is -2.36. The molecule has 2 heteroatoms. The number of anilines is 6. The molecule has 2 nitrogen and oxygen atoms in total. The largest absolute Gasteiger partial charge is 0.310 e. The Bertz CT molecular complexity index is 3470. The molecule has 0 aromatic heterocycles. The van der Waals surface area contributed by atoms with Crippen LogP contribution in [0.3, 0.4) is 0 Å². The zero-order chi connectivity index (χ0) is 44.0. The minimum atomic E-state index is -0.590. The Morgan fingerprint density at radius 2 is 0.788 bits per heavy atom. The van der Waals surface area contributed by atoms with Gasteiger partial charge in [-0.2, -0.15) is 0 Å². The average Bonchev–Trinajstić information content (AvgIpc) is 3.80. The number of rotatable bonds is 6. The zero-order valence-corrected chi connectivity index (χ0v) is 37.0. The minimum absolute atomic E-state index is 0.170. The summed E-state index contributed by atoms with van der Waals surface area (Å²) in [6.45, 7) is 4.76. The van der Waals surface area contributed by atoms with Crippen molar-refractivity contribution in [1.29, 1.82) is 0 Å². The second kappa shape index (κ2) is 14.7. The van der Waals surface area contributed by atoms with Gasteiger partial charge in [0.2, 0.25) is 0 Å². The molecule has 0 amide bonds. The number of para-hydroxylation sites is 3. The highest BCUT2D eigenvalue weighted by Gasteiger charge is 2.52. The van der Waals surface area contributed by atoms with Crippen molar-refractivity contribution in [3.8, 4) is 44.5 Å². The minimum Gasteiger partial charge on any atom is -0.310 e. The summed E-state index contributed by atoms with van der Waals surface area (Å²) < 4.78 is 0. The molecule has 10 aromatic rings. The molecule has 66 heavy (non-hydrogen) atoms. The maximum Gasteiger partial charge on any atom is 0.0755 e. The third kappa shape index (κ3) is 5.48. The topological polar surface area (TPSA) is 6.48 Å². The van der Waals surface area contributed by atoms with E-state index in [-0.39, 0.29) is 5.41 Å². The highest BCUT2D eigenvalue weighted by Crippen LogP contribution is 2.64.